The van der Waals surface area contributed by atoms with Crippen molar-refractivity contribution in [3.63, 3.8) is 0 Å². The second kappa shape index (κ2) is 10.5. The monoisotopic (exact) mass is 400 g/mol. The first-order chi connectivity index (χ1) is 14.2. The van der Waals surface area contributed by atoms with Crippen LogP contribution in [0.4, 0.5) is 0 Å². The third-order valence-corrected chi connectivity index (χ3v) is 5.68. The van der Waals surface area contributed by atoms with Crippen molar-refractivity contribution in [1.82, 2.24) is 25.3 Å². The number of guanidine groups is 1. The summed E-state index contributed by atoms with van der Waals surface area (Å²) in [5.41, 5.74) is 3.68. The van der Waals surface area contributed by atoms with E-state index in [9.17, 15) is 0 Å². The molecule has 0 spiro atoms. The fourth-order valence-electron chi connectivity index (χ4n) is 4.21. The van der Waals surface area contributed by atoms with Crippen molar-refractivity contribution in [3.8, 4) is 0 Å². The van der Waals surface area contributed by atoms with Gasteiger partial charge >= 0.3 is 0 Å². The summed E-state index contributed by atoms with van der Waals surface area (Å²) in [5, 5.41) is 11.6. The largest absolute Gasteiger partial charge is 0.468 e. The Morgan fingerprint density at radius 2 is 2.00 bits per heavy atom. The van der Waals surface area contributed by atoms with Crippen molar-refractivity contribution in [3.05, 3.63) is 41.1 Å². The normalized spacial score (nSPS) is 16.3. The molecule has 7 heteroatoms. The highest BCUT2D eigenvalue weighted by atomic mass is 16.3. The average Bonchev–Trinajstić information content (AvgIpc) is 3.48. The first kappa shape index (κ1) is 21.4. The highest BCUT2D eigenvalue weighted by Gasteiger charge is 2.25. The molecule has 0 aliphatic carbocycles. The van der Waals surface area contributed by atoms with Gasteiger partial charge in [0.1, 0.15) is 5.76 Å². The lowest BCUT2D eigenvalue weighted by Gasteiger charge is -2.26. The Bertz CT molecular complexity index is 774. The third-order valence-electron chi connectivity index (χ3n) is 5.68. The molecule has 1 atom stereocenters. The molecule has 0 bridgehead atoms. The number of rotatable bonds is 9. The van der Waals surface area contributed by atoms with E-state index in [-0.39, 0.29) is 6.04 Å². The maximum atomic E-state index is 5.74. The summed E-state index contributed by atoms with van der Waals surface area (Å²) in [6, 6.07) is 4.27. The van der Waals surface area contributed by atoms with Gasteiger partial charge in [0.05, 0.1) is 24.5 Å². The predicted octanol–water partition coefficient (Wildman–Crippen LogP) is 3.03. The van der Waals surface area contributed by atoms with E-state index < -0.39 is 0 Å². The van der Waals surface area contributed by atoms with Gasteiger partial charge in [-0.2, -0.15) is 5.10 Å². The van der Waals surface area contributed by atoms with Crippen LogP contribution >= 0.6 is 0 Å². The number of aryl methyl sites for hydroxylation is 2. The molecule has 160 valence electrons. The molecule has 1 saturated heterocycles. The SMILES string of the molecule is CCNC(=NCc1c(CC)nn(C)c1CC)NCC(c1ccco1)N1CCCC1. The molecule has 29 heavy (non-hydrogen) atoms. The summed E-state index contributed by atoms with van der Waals surface area (Å²) in [6.45, 7) is 10.9. The third kappa shape index (κ3) is 5.21. The lowest BCUT2D eigenvalue weighted by Crippen LogP contribution is -2.42. The molecule has 7 nitrogen and oxygen atoms in total. The molecule has 1 fully saturated rings. The number of aliphatic imine (C=N–C) groups is 1. The number of likely N-dealkylation sites (tertiary alicyclic amines) is 1. The second-order valence-electron chi connectivity index (χ2n) is 7.55. The molecule has 2 aromatic heterocycles. The maximum absolute atomic E-state index is 5.74. The van der Waals surface area contributed by atoms with E-state index in [1.165, 1.54) is 24.1 Å². The van der Waals surface area contributed by atoms with Gasteiger partial charge in [-0.3, -0.25) is 9.58 Å². The zero-order valence-electron chi connectivity index (χ0n) is 18.4. The van der Waals surface area contributed by atoms with Crippen molar-refractivity contribution in [2.45, 2.75) is 59.0 Å². The molecular weight excluding hydrogens is 364 g/mol. The van der Waals surface area contributed by atoms with E-state index in [4.69, 9.17) is 9.41 Å². The molecule has 1 aliphatic rings. The molecule has 3 heterocycles. The van der Waals surface area contributed by atoms with Gasteiger partial charge in [0.2, 0.25) is 0 Å². The number of hydrogen-bond acceptors (Lipinski definition) is 4. The standard InChI is InChI=1S/C22H36N6O/c1-5-18-17(19(6-2)27(4)26-18)15-24-22(23-7-3)25-16-20(21-11-10-14-29-21)28-12-8-9-13-28/h10-11,14,20H,5-9,12-13,15-16H2,1-4H3,(H2,23,24,25). The molecule has 2 aromatic rings. The summed E-state index contributed by atoms with van der Waals surface area (Å²) in [4.78, 5) is 7.39. The van der Waals surface area contributed by atoms with Crippen LogP contribution in [0.5, 0.6) is 0 Å². The van der Waals surface area contributed by atoms with Crippen LogP contribution in [0.15, 0.2) is 27.8 Å². The van der Waals surface area contributed by atoms with Crippen molar-refractivity contribution in [1.29, 1.82) is 0 Å². The number of aromatic nitrogens is 2. The second-order valence-corrected chi connectivity index (χ2v) is 7.55. The topological polar surface area (TPSA) is 70.6 Å². The summed E-state index contributed by atoms with van der Waals surface area (Å²) in [5.74, 6) is 1.86. The Morgan fingerprint density at radius 3 is 2.62 bits per heavy atom. The maximum Gasteiger partial charge on any atom is 0.191 e. The number of nitrogens with zero attached hydrogens (tertiary/aromatic N) is 4. The van der Waals surface area contributed by atoms with Gasteiger partial charge in [-0.1, -0.05) is 13.8 Å². The minimum absolute atomic E-state index is 0.229. The smallest absolute Gasteiger partial charge is 0.191 e. The van der Waals surface area contributed by atoms with Gasteiger partial charge in [-0.25, -0.2) is 4.99 Å². The quantitative estimate of drug-likeness (QED) is 0.500. The van der Waals surface area contributed by atoms with Crippen molar-refractivity contribution >= 4 is 5.96 Å². The summed E-state index contributed by atoms with van der Waals surface area (Å²) < 4.78 is 7.74. The number of furan rings is 1. The Balaban J connectivity index is 1.72. The average molecular weight is 401 g/mol. The Hall–Kier alpha value is -2.28. The van der Waals surface area contributed by atoms with Crippen molar-refractivity contribution in [2.24, 2.45) is 12.0 Å². The van der Waals surface area contributed by atoms with Gasteiger partial charge in [-0.05, 0) is 57.8 Å². The lowest BCUT2D eigenvalue weighted by molar-refractivity contribution is 0.215. The molecular formula is C22H36N6O. The zero-order chi connectivity index (χ0) is 20.6. The van der Waals surface area contributed by atoms with E-state index in [1.54, 1.807) is 6.26 Å². The Labute approximate surface area is 174 Å². The molecule has 0 aromatic carbocycles. The van der Waals surface area contributed by atoms with E-state index in [0.29, 0.717) is 6.54 Å². The highest BCUT2D eigenvalue weighted by molar-refractivity contribution is 5.79. The molecule has 0 saturated carbocycles. The van der Waals surface area contributed by atoms with Gasteiger partial charge in [0, 0.05) is 31.4 Å². The summed E-state index contributed by atoms with van der Waals surface area (Å²) in [6.07, 6.45) is 6.17. The van der Waals surface area contributed by atoms with E-state index in [0.717, 1.165) is 56.4 Å². The van der Waals surface area contributed by atoms with Crippen LogP contribution in [0.25, 0.3) is 0 Å². The molecule has 2 N–H and O–H groups in total. The van der Waals surface area contributed by atoms with Gasteiger partial charge in [0.25, 0.3) is 0 Å². The van der Waals surface area contributed by atoms with E-state index in [1.807, 2.05) is 17.8 Å². The summed E-state index contributed by atoms with van der Waals surface area (Å²) >= 11 is 0. The minimum atomic E-state index is 0.229. The van der Waals surface area contributed by atoms with Gasteiger partial charge < -0.3 is 15.1 Å². The van der Waals surface area contributed by atoms with Gasteiger partial charge in [-0.15, -0.1) is 0 Å². The van der Waals surface area contributed by atoms with Crippen LogP contribution in [0.1, 0.15) is 62.4 Å². The van der Waals surface area contributed by atoms with Crippen LogP contribution in [0.3, 0.4) is 0 Å². The minimum Gasteiger partial charge on any atom is -0.468 e. The molecule has 3 rings (SSSR count). The van der Waals surface area contributed by atoms with Crippen LogP contribution in [0.2, 0.25) is 0 Å². The Morgan fingerprint density at radius 1 is 1.21 bits per heavy atom. The van der Waals surface area contributed by atoms with Crippen LogP contribution < -0.4 is 10.6 Å². The molecule has 1 aliphatic heterocycles. The Kier molecular flexibility index (Phi) is 7.75. The predicted molar refractivity (Wildman–Crippen MR) is 117 cm³/mol. The fraction of sp³-hybridized carbons (Fsp3) is 0.636. The number of nitrogens with one attached hydrogen (secondary N) is 2. The van der Waals surface area contributed by atoms with Crippen LogP contribution in [-0.4, -0.2) is 46.8 Å². The fourth-order valence-corrected chi connectivity index (χ4v) is 4.21. The van der Waals surface area contributed by atoms with E-state index >= 15 is 0 Å². The zero-order valence-corrected chi connectivity index (χ0v) is 18.4. The number of hydrogen-bond donors (Lipinski definition) is 2. The summed E-state index contributed by atoms with van der Waals surface area (Å²) in [7, 11) is 2.03. The highest BCUT2D eigenvalue weighted by Crippen LogP contribution is 2.25. The molecule has 0 amide bonds. The molecule has 1 unspecified atom stereocenters. The lowest BCUT2D eigenvalue weighted by atomic mass is 10.1. The van der Waals surface area contributed by atoms with Crippen LogP contribution in [-0.2, 0) is 26.4 Å². The first-order valence-electron chi connectivity index (χ1n) is 11.0. The van der Waals surface area contributed by atoms with Crippen molar-refractivity contribution < 1.29 is 4.42 Å². The van der Waals surface area contributed by atoms with Crippen molar-refractivity contribution in [2.75, 3.05) is 26.2 Å². The first-order valence-corrected chi connectivity index (χ1v) is 11.0. The van der Waals surface area contributed by atoms with Crippen LogP contribution in [0, 0.1) is 0 Å². The van der Waals surface area contributed by atoms with Gasteiger partial charge in [0.15, 0.2) is 5.96 Å². The van der Waals surface area contributed by atoms with E-state index in [2.05, 4.69) is 47.5 Å². The molecule has 0 radical (unpaired) electrons.